The third-order valence-electron chi connectivity index (χ3n) is 7.42. The van der Waals surface area contributed by atoms with Crippen molar-refractivity contribution >= 4 is 5.97 Å². The van der Waals surface area contributed by atoms with Gasteiger partial charge in [0.05, 0.1) is 17.3 Å². The van der Waals surface area contributed by atoms with Gasteiger partial charge < -0.3 is 9.84 Å². The molecule has 1 aromatic carbocycles. The maximum absolute atomic E-state index is 14.5. The van der Waals surface area contributed by atoms with Crippen LogP contribution in [0.5, 0.6) is 0 Å². The topological polar surface area (TPSA) is 49.8 Å². The van der Waals surface area contributed by atoms with Crippen molar-refractivity contribution in [1.82, 2.24) is 4.90 Å². The second-order valence-electron chi connectivity index (χ2n) is 9.34. The van der Waals surface area contributed by atoms with Crippen LogP contribution in [0.15, 0.2) is 12.1 Å². The standard InChI is InChI=1S/C22H28FNO3/c1-2-17-8-19-16(6-15(21(25)26)7-20(19)23)11-24(17)12-22-9-13-3-14(10-22)5-18(4-13)27-22/h6-7,13-14,17-18H,2-5,8-12H2,1H3,(H,25,26)/t13?,14?,17-,18?,22?/m0/s1. The predicted octanol–water partition coefficient (Wildman–Crippen LogP) is 4.01. The third-order valence-corrected chi connectivity index (χ3v) is 7.42. The van der Waals surface area contributed by atoms with E-state index in [1.807, 2.05) is 0 Å². The first-order valence-electron chi connectivity index (χ1n) is 10.4. The van der Waals surface area contributed by atoms with Crippen molar-refractivity contribution < 1.29 is 19.0 Å². The maximum Gasteiger partial charge on any atom is 0.335 e. The van der Waals surface area contributed by atoms with E-state index in [-0.39, 0.29) is 17.0 Å². The van der Waals surface area contributed by atoms with Gasteiger partial charge in [0.25, 0.3) is 0 Å². The van der Waals surface area contributed by atoms with Gasteiger partial charge in [-0.3, -0.25) is 4.90 Å². The Labute approximate surface area is 159 Å². The molecule has 6 rings (SSSR count). The molecule has 2 aliphatic carbocycles. The minimum Gasteiger partial charge on any atom is -0.478 e. The summed E-state index contributed by atoms with van der Waals surface area (Å²) in [6, 6.07) is 3.13. The molecule has 146 valence electrons. The van der Waals surface area contributed by atoms with Gasteiger partial charge >= 0.3 is 5.97 Å². The van der Waals surface area contributed by atoms with Crippen molar-refractivity contribution in [3.8, 4) is 0 Å². The molecule has 3 heterocycles. The highest BCUT2D eigenvalue weighted by molar-refractivity contribution is 5.88. The Morgan fingerprint density at radius 2 is 2.04 bits per heavy atom. The molecule has 0 aromatic heterocycles. The molecule has 5 aliphatic rings. The second-order valence-corrected chi connectivity index (χ2v) is 9.34. The zero-order chi connectivity index (χ0) is 18.8. The lowest BCUT2D eigenvalue weighted by atomic mass is 9.62. The van der Waals surface area contributed by atoms with Crippen molar-refractivity contribution in [1.29, 1.82) is 0 Å². The van der Waals surface area contributed by atoms with Gasteiger partial charge in [0.15, 0.2) is 0 Å². The van der Waals surface area contributed by atoms with E-state index in [9.17, 15) is 14.3 Å². The Hall–Kier alpha value is -1.46. The zero-order valence-electron chi connectivity index (χ0n) is 15.9. The van der Waals surface area contributed by atoms with Gasteiger partial charge in [-0.2, -0.15) is 0 Å². The molecule has 5 heteroatoms. The van der Waals surface area contributed by atoms with Gasteiger partial charge in [-0.15, -0.1) is 0 Å². The molecule has 1 aromatic rings. The first kappa shape index (κ1) is 17.6. The van der Waals surface area contributed by atoms with Gasteiger partial charge in [0, 0.05) is 19.1 Å². The second kappa shape index (κ2) is 6.28. The number of benzene rings is 1. The molecule has 3 atom stereocenters. The molecule has 0 amide bonds. The first-order valence-corrected chi connectivity index (χ1v) is 10.4. The van der Waals surface area contributed by atoms with Gasteiger partial charge in [-0.1, -0.05) is 6.92 Å². The fourth-order valence-electron chi connectivity index (χ4n) is 6.54. The largest absolute Gasteiger partial charge is 0.478 e. The van der Waals surface area contributed by atoms with Crippen LogP contribution in [-0.4, -0.2) is 40.3 Å². The molecule has 27 heavy (non-hydrogen) atoms. The van der Waals surface area contributed by atoms with Crippen LogP contribution in [0.3, 0.4) is 0 Å². The number of carboxylic acid groups (broad SMARTS) is 1. The van der Waals surface area contributed by atoms with Crippen LogP contribution in [-0.2, 0) is 17.7 Å². The number of nitrogens with zero attached hydrogens (tertiary/aromatic N) is 1. The summed E-state index contributed by atoms with van der Waals surface area (Å²) in [5, 5.41) is 9.29. The predicted molar refractivity (Wildman–Crippen MR) is 99.2 cm³/mol. The minimum atomic E-state index is -1.06. The highest BCUT2D eigenvalue weighted by Gasteiger charge is 2.53. The fraction of sp³-hybridized carbons (Fsp3) is 0.682. The highest BCUT2D eigenvalue weighted by Crippen LogP contribution is 2.53. The molecule has 4 bridgehead atoms. The van der Waals surface area contributed by atoms with Crippen molar-refractivity contribution in [2.75, 3.05) is 6.54 Å². The first-order chi connectivity index (χ1) is 12.9. The lowest BCUT2D eigenvalue weighted by molar-refractivity contribution is -0.229. The average molecular weight is 373 g/mol. The molecule has 1 N–H and O–H groups in total. The summed E-state index contributed by atoms with van der Waals surface area (Å²) >= 11 is 0. The van der Waals surface area contributed by atoms with Gasteiger partial charge in [-0.25, -0.2) is 9.18 Å². The molecule has 0 radical (unpaired) electrons. The van der Waals surface area contributed by atoms with Crippen molar-refractivity contribution in [3.05, 3.63) is 34.6 Å². The molecule has 4 fully saturated rings. The quantitative estimate of drug-likeness (QED) is 0.866. The van der Waals surface area contributed by atoms with Crippen LogP contribution in [0.25, 0.3) is 0 Å². The fourth-order valence-corrected chi connectivity index (χ4v) is 6.54. The van der Waals surface area contributed by atoms with Crippen molar-refractivity contribution in [2.24, 2.45) is 11.8 Å². The van der Waals surface area contributed by atoms with Crippen LogP contribution in [0.4, 0.5) is 4.39 Å². The molecular formula is C22H28FNO3. The van der Waals surface area contributed by atoms with E-state index in [1.165, 1.54) is 25.3 Å². The number of aromatic carboxylic acids is 1. The summed E-state index contributed by atoms with van der Waals surface area (Å²) in [5.41, 5.74) is 1.55. The molecule has 4 nitrogen and oxygen atoms in total. The number of hydrogen-bond acceptors (Lipinski definition) is 3. The molecule has 2 saturated heterocycles. The number of hydrogen-bond donors (Lipinski definition) is 1. The number of rotatable bonds is 4. The van der Waals surface area contributed by atoms with Crippen LogP contribution >= 0.6 is 0 Å². The Kier molecular flexibility index (Phi) is 4.10. The summed E-state index contributed by atoms with van der Waals surface area (Å²) in [5.74, 6) is 0.188. The van der Waals surface area contributed by atoms with Crippen LogP contribution in [0.1, 0.15) is 66.9 Å². The highest BCUT2D eigenvalue weighted by atomic mass is 19.1. The van der Waals surface area contributed by atoms with Crippen LogP contribution in [0, 0.1) is 17.7 Å². The van der Waals surface area contributed by atoms with E-state index < -0.39 is 5.97 Å². The van der Waals surface area contributed by atoms with Gasteiger partial charge in [0.1, 0.15) is 5.82 Å². The van der Waals surface area contributed by atoms with Crippen molar-refractivity contribution in [3.63, 3.8) is 0 Å². The monoisotopic (exact) mass is 373 g/mol. The number of halogens is 1. The lowest BCUT2D eigenvalue weighted by Gasteiger charge is -2.58. The van der Waals surface area contributed by atoms with E-state index in [2.05, 4.69) is 11.8 Å². The summed E-state index contributed by atoms with van der Waals surface area (Å²) in [6.07, 6.45) is 8.19. The van der Waals surface area contributed by atoms with Gasteiger partial charge in [-0.05, 0) is 80.0 Å². The molecular weight excluding hydrogens is 345 g/mol. The van der Waals surface area contributed by atoms with E-state index in [0.717, 1.165) is 43.2 Å². The average Bonchev–Trinajstić information content (AvgIpc) is 2.59. The molecule has 3 aliphatic heterocycles. The number of fused-ring (bicyclic) bond motifs is 1. The smallest absolute Gasteiger partial charge is 0.335 e. The van der Waals surface area contributed by atoms with Crippen molar-refractivity contribution in [2.45, 2.75) is 76.2 Å². The minimum absolute atomic E-state index is 0.0391. The van der Waals surface area contributed by atoms with Crippen LogP contribution < -0.4 is 0 Å². The summed E-state index contributed by atoms with van der Waals surface area (Å²) in [4.78, 5) is 13.8. The summed E-state index contributed by atoms with van der Waals surface area (Å²) < 4.78 is 21.1. The molecule has 2 unspecified atom stereocenters. The Morgan fingerprint density at radius 1 is 1.30 bits per heavy atom. The van der Waals surface area contributed by atoms with Gasteiger partial charge in [0.2, 0.25) is 0 Å². The zero-order valence-corrected chi connectivity index (χ0v) is 15.9. The lowest BCUT2D eigenvalue weighted by Crippen LogP contribution is -2.60. The number of carbonyl (C=O) groups is 1. The number of ether oxygens (including phenoxy) is 1. The SMILES string of the molecule is CC[C@H]1Cc2c(F)cc(C(=O)O)cc2CN1CC12CC3CC(CC(C3)O1)C2. The summed E-state index contributed by atoms with van der Waals surface area (Å²) in [6.45, 7) is 3.68. The maximum atomic E-state index is 14.5. The van der Waals surface area contributed by atoms with E-state index >= 15 is 0 Å². The van der Waals surface area contributed by atoms with E-state index in [4.69, 9.17) is 4.74 Å². The molecule has 2 saturated carbocycles. The normalized spacial score (nSPS) is 37.4. The third kappa shape index (κ3) is 2.99. The van der Waals surface area contributed by atoms with E-state index in [0.29, 0.717) is 30.7 Å². The Morgan fingerprint density at radius 3 is 2.67 bits per heavy atom. The Balaban J connectivity index is 1.42. The Bertz CT molecular complexity index is 742. The van der Waals surface area contributed by atoms with E-state index in [1.54, 1.807) is 6.07 Å². The molecule has 0 spiro atoms. The number of carboxylic acids is 1. The van der Waals surface area contributed by atoms with Crippen LogP contribution in [0.2, 0.25) is 0 Å². The summed E-state index contributed by atoms with van der Waals surface area (Å²) in [7, 11) is 0.